The lowest BCUT2D eigenvalue weighted by Gasteiger charge is -2.43. The van der Waals surface area contributed by atoms with Gasteiger partial charge in [-0.3, -0.25) is 43.7 Å². The fourth-order valence-corrected chi connectivity index (χ4v) is 12.4. The molecular weight excluding hydrogens is 891 g/mol. The van der Waals surface area contributed by atoms with Crippen LogP contribution in [0.2, 0.25) is 5.02 Å². The van der Waals surface area contributed by atoms with E-state index in [1.54, 1.807) is 17.7 Å². The van der Waals surface area contributed by atoms with Gasteiger partial charge in [-0.15, -0.1) is 0 Å². The molecule has 5 heterocycles. The highest BCUT2D eigenvalue weighted by molar-refractivity contribution is 6.30. The topological polar surface area (TPSA) is 123 Å². The van der Waals surface area contributed by atoms with Crippen molar-refractivity contribution < 1.29 is 14.0 Å². The lowest BCUT2D eigenvalue weighted by molar-refractivity contribution is -0.135. The van der Waals surface area contributed by atoms with Crippen LogP contribution in [0, 0.1) is 23.6 Å². The van der Waals surface area contributed by atoms with Crippen molar-refractivity contribution in [3.63, 3.8) is 0 Å². The number of imidazole rings is 1. The third-order valence-electron chi connectivity index (χ3n) is 15.7. The van der Waals surface area contributed by atoms with E-state index >= 15 is 0 Å². The number of aromatic nitrogens is 2. The first-order chi connectivity index (χ1) is 33.6. The zero-order chi connectivity index (χ0) is 47.6. The maximum absolute atomic E-state index is 14.1. The second-order valence-corrected chi connectivity index (χ2v) is 20.4. The van der Waals surface area contributed by atoms with Gasteiger partial charge in [0.15, 0.2) is 0 Å². The molecule has 10 rings (SSSR count). The summed E-state index contributed by atoms with van der Waals surface area (Å²) in [7, 11) is 1.71. The molecule has 1 aromatic heterocycles. The van der Waals surface area contributed by atoms with Crippen LogP contribution in [-0.2, 0) is 16.6 Å². The first-order valence-electron chi connectivity index (χ1n) is 25.1. The van der Waals surface area contributed by atoms with Crippen LogP contribution in [0.5, 0.6) is 0 Å². The van der Waals surface area contributed by atoms with E-state index in [2.05, 4.69) is 72.1 Å². The number of hydrogen-bond donors (Lipinski definition) is 2. The number of benzene rings is 2. The molecule has 4 atom stereocenters. The number of amidine groups is 1. The van der Waals surface area contributed by atoms with Gasteiger partial charge in [-0.25, -0.2) is 14.2 Å². The summed E-state index contributed by atoms with van der Waals surface area (Å²) in [5.74, 6) is 7.20. The molecule has 2 bridgehead atoms. The van der Waals surface area contributed by atoms with Crippen LogP contribution in [0.3, 0.4) is 0 Å². The minimum Gasteiger partial charge on any atom is -0.366 e. The summed E-state index contributed by atoms with van der Waals surface area (Å²) in [6.07, 6.45) is 21.7. The number of piperazine rings is 1. The first kappa shape index (κ1) is 47.1. The highest BCUT2D eigenvalue weighted by Crippen LogP contribution is 2.42. The number of carbonyl (C=O) groups is 2. The van der Waals surface area contributed by atoms with E-state index in [0.29, 0.717) is 40.8 Å². The van der Waals surface area contributed by atoms with E-state index in [1.165, 1.54) is 72.1 Å². The number of aliphatic imine (C=N–C) groups is 2. The van der Waals surface area contributed by atoms with Crippen molar-refractivity contribution in [1.29, 1.82) is 0 Å². The number of nitrogens with zero attached hydrogens (tertiary/aromatic N) is 8. The molecular formula is C54H64ClFN10O3. The standard InChI is InChI=1S/C54H64ClFN10O3/c1-57-31-45-46(34-65(43-10-6-3-7-11-43)52(45)59-35-58-42-28-40(55)27-41(56)29-42)38-15-12-37(13-16-38)32-62-21-23-63(24-22-62)49-30-44-26-39(49)33-64(44)20-8-4-5-9-36-14-17-47-50(25-36)61(2)54(69)66(47)48-18-19-51(67)60-53(48)68/h12,14-15,17,25,27-29,31,34,39,43-44,48-49,58H,1,3-4,6-8,10-11,13,16,18-24,26,30,32-33,35H2,2H3,(H,60,67,68)/b45-31-,59-52+. The zero-order valence-electron chi connectivity index (χ0n) is 39.8. The summed E-state index contributed by atoms with van der Waals surface area (Å²) >= 11 is 6.12. The first-order valence-corrected chi connectivity index (χ1v) is 25.5. The number of allylic oxidation sites excluding steroid dienone is 3. The van der Waals surface area contributed by atoms with Crippen LogP contribution in [0.1, 0.15) is 95.1 Å². The second kappa shape index (κ2) is 20.8. The Bertz CT molecular complexity index is 2760. The Morgan fingerprint density at radius 2 is 1.80 bits per heavy atom. The van der Waals surface area contributed by atoms with Gasteiger partial charge in [-0.05, 0) is 113 Å². The van der Waals surface area contributed by atoms with Gasteiger partial charge in [0, 0.05) is 117 Å². The number of anilines is 1. The Morgan fingerprint density at radius 3 is 2.54 bits per heavy atom. The predicted molar refractivity (Wildman–Crippen MR) is 272 cm³/mol. The third kappa shape index (κ3) is 10.2. The van der Waals surface area contributed by atoms with Crippen molar-refractivity contribution in [3.8, 4) is 11.8 Å². The lowest BCUT2D eigenvalue weighted by Crippen LogP contribution is -2.54. The van der Waals surface area contributed by atoms with Crippen LogP contribution in [0.4, 0.5) is 10.1 Å². The number of carbonyl (C=O) groups excluding carboxylic acids is 2. The molecule has 13 nitrogen and oxygen atoms in total. The number of likely N-dealkylation sites (tertiary alicyclic amines) is 1. The number of hydrogen-bond acceptors (Lipinski definition) is 9. The fourth-order valence-electron chi connectivity index (χ4n) is 12.2. The number of nitrogens with one attached hydrogen (secondary N) is 2. The van der Waals surface area contributed by atoms with Crippen LogP contribution in [-0.4, -0.2) is 124 Å². The molecule has 0 radical (unpaired) electrons. The number of halogens is 2. The van der Waals surface area contributed by atoms with E-state index in [0.717, 1.165) is 106 Å². The molecule has 69 heavy (non-hydrogen) atoms. The number of unbranched alkanes of at least 4 members (excludes halogenated alkanes) is 1. The van der Waals surface area contributed by atoms with Crippen LogP contribution >= 0.6 is 11.6 Å². The van der Waals surface area contributed by atoms with Gasteiger partial charge < -0.3 is 10.2 Å². The fraction of sp³-hybridized carbons (Fsp3) is 0.500. The summed E-state index contributed by atoms with van der Waals surface area (Å²) in [6, 6.07) is 11.2. The summed E-state index contributed by atoms with van der Waals surface area (Å²) in [4.78, 5) is 57.2. The molecule has 3 aromatic rings. The summed E-state index contributed by atoms with van der Waals surface area (Å²) in [5, 5.41) is 5.96. The molecule has 3 saturated heterocycles. The lowest BCUT2D eigenvalue weighted by atomic mass is 9.90. The maximum Gasteiger partial charge on any atom is 0.329 e. The van der Waals surface area contributed by atoms with E-state index in [-0.39, 0.29) is 30.5 Å². The van der Waals surface area contributed by atoms with E-state index in [1.807, 2.05) is 24.4 Å². The minimum absolute atomic E-state index is 0.217. The van der Waals surface area contributed by atoms with Crippen molar-refractivity contribution >= 4 is 52.7 Å². The average Bonchev–Trinajstić information content (AvgIpc) is 4.11. The number of imide groups is 1. The largest absolute Gasteiger partial charge is 0.366 e. The average molecular weight is 956 g/mol. The van der Waals surface area contributed by atoms with Crippen molar-refractivity contribution in [3.05, 3.63) is 110 Å². The van der Waals surface area contributed by atoms with E-state index < -0.39 is 11.9 Å². The monoisotopic (exact) mass is 954 g/mol. The molecule has 15 heteroatoms. The van der Waals surface area contributed by atoms with Crippen molar-refractivity contribution in [1.82, 2.24) is 34.1 Å². The van der Waals surface area contributed by atoms with Gasteiger partial charge in [-0.1, -0.05) is 60.4 Å². The van der Waals surface area contributed by atoms with Crippen LogP contribution in [0.25, 0.3) is 11.0 Å². The summed E-state index contributed by atoms with van der Waals surface area (Å²) < 4.78 is 17.1. The van der Waals surface area contributed by atoms with Gasteiger partial charge >= 0.3 is 5.69 Å². The molecule has 5 fully saturated rings. The van der Waals surface area contributed by atoms with Crippen molar-refractivity contribution in [2.75, 3.05) is 57.8 Å². The molecule has 362 valence electrons. The molecule has 3 aliphatic carbocycles. The number of fused-ring (bicyclic) bond motifs is 3. The number of aryl methyl sites for hydroxylation is 1. The second-order valence-electron chi connectivity index (χ2n) is 20.0. The Balaban J connectivity index is 0.689. The molecule has 2 amide bonds. The number of piperidine rings is 2. The molecule has 2 saturated carbocycles. The summed E-state index contributed by atoms with van der Waals surface area (Å²) in [5.41, 5.74) is 7.54. The molecule has 2 aromatic carbocycles. The highest BCUT2D eigenvalue weighted by Gasteiger charge is 2.46. The molecule has 2 N–H and O–H groups in total. The van der Waals surface area contributed by atoms with Crippen molar-refractivity contribution in [2.45, 2.75) is 108 Å². The van der Waals surface area contributed by atoms with Gasteiger partial charge in [0.1, 0.15) is 24.4 Å². The van der Waals surface area contributed by atoms with Crippen molar-refractivity contribution in [2.24, 2.45) is 23.0 Å². The molecule has 4 aliphatic heterocycles. The molecule has 0 spiro atoms. The predicted octanol–water partition coefficient (Wildman–Crippen LogP) is 7.55. The Hall–Kier alpha value is -5.59. The maximum atomic E-state index is 14.1. The molecule has 7 aliphatic rings. The normalized spacial score (nSPS) is 26.1. The van der Waals surface area contributed by atoms with Crippen LogP contribution in [0.15, 0.2) is 98.0 Å². The van der Waals surface area contributed by atoms with Gasteiger partial charge in [0.2, 0.25) is 11.8 Å². The Kier molecular flexibility index (Phi) is 14.2. The van der Waals surface area contributed by atoms with Gasteiger partial charge in [0.05, 0.1) is 11.0 Å². The zero-order valence-corrected chi connectivity index (χ0v) is 40.5. The Morgan fingerprint density at radius 1 is 0.957 bits per heavy atom. The highest BCUT2D eigenvalue weighted by atomic mass is 35.5. The van der Waals surface area contributed by atoms with E-state index in [4.69, 9.17) is 16.6 Å². The minimum atomic E-state index is -0.695. The third-order valence-corrected chi connectivity index (χ3v) is 15.9. The summed E-state index contributed by atoms with van der Waals surface area (Å²) in [6.45, 7) is 11.9. The van der Waals surface area contributed by atoms with Gasteiger partial charge in [-0.2, -0.15) is 0 Å². The Labute approximate surface area is 409 Å². The SMILES string of the molecule is C=N/C=C1/C(C2=CC=C(CN3CCN(C4CC5CC4CN5CCCC#Cc4ccc5c(c4)n(C)c(=O)n5C4CCC(=O)NC4=O)CC3)CC2)=CN(C2CCCCC2)/C1=N/CNc1cc(F)cc(Cl)c1. The smallest absolute Gasteiger partial charge is 0.329 e. The quantitative estimate of drug-likeness (QED) is 0.0780. The van der Waals surface area contributed by atoms with E-state index in [9.17, 15) is 18.8 Å². The van der Waals surface area contributed by atoms with Gasteiger partial charge in [0.25, 0.3) is 0 Å². The number of rotatable bonds is 13. The van der Waals surface area contributed by atoms with Crippen LogP contribution < -0.4 is 16.3 Å². The number of amides is 2. The molecule has 4 unspecified atom stereocenters.